The van der Waals surface area contributed by atoms with Gasteiger partial charge in [-0.15, -0.1) is 0 Å². The fraction of sp³-hybridized carbons (Fsp3) is 0.316. The Balaban J connectivity index is 2.02. The molecule has 132 valence electrons. The van der Waals surface area contributed by atoms with Gasteiger partial charge in [0.1, 0.15) is 6.61 Å². The molecule has 2 atom stereocenters. The van der Waals surface area contributed by atoms with E-state index in [1.54, 1.807) is 24.3 Å². The van der Waals surface area contributed by atoms with E-state index in [0.29, 0.717) is 24.2 Å². The van der Waals surface area contributed by atoms with Gasteiger partial charge in [0.2, 0.25) is 11.8 Å². The normalized spacial score (nSPS) is 18.9. The molecule has 1 aliphatic rings. The van der Waals surface area contributed by atoms with Gasteiger partial charge in [-0.05, 0) is 37.1 Å². The van der Waals surface area contributed by atoms with E-state index in [0.717, 1.165) is 0 Å². The van der Waals surface area contributed by atoms with E-state index < -0.39 is 11.8 Å². The molecule has 2 N–H and O–H groups in total. The van der Waals surface area contributed by atoms with Crippen LogP contribution < -0.4 is 10.6 Å². The average Bonchev–Trinajstić information content (AvgIpc) is 2.61. The van der Waals surface area contributed by atoms with E-state index in [1.165, 1.54) is 13.0 Å². The zero-order valence-corrected chi connectivity index (χ0v) is 14.2. The first kappa shape index (κ1) is 18.4. The van der Waals surface area contributed by atoms with Crippen LogP contribution >= 0.6 is 0 Å². The molecule has 25 heavy (non-hydrogen) atoms. The molecule has 0 saturated heterocycles. The van der Waals surface area contributed by atoms with E-state index >= 15 is 0 Å². The van der Waals surface area contributed by atoms with Gasteiger partial charge in [-0.25, -0.2) is 0 Å². The Hall–Kier alpha value is -2.89. The van der Waals surface area contributed by atoms with E-state index in [4.69, 9.17) is 4.74 Å². The SMILES string of the molecule is C=CCOC(=O)[C@@H]1CC=CC[C@H]1C(=O)Nc1ccc(NC(C)=O)cc1. The van der Waals surface area contributed by atoms with Crippen LogP contribution in [0.1, 0.15) is 19.8 Å². The largest absolute Gasteiger partial charge is 0.461 e. The average molecular weight is 342 g/mol. The summed E-state index contributed by atoms with van der Waals surface area (Å²) in [6.07, 6.45) is 6.27. The van der Waals surface area contributed by atoms with Gasteiger partial charge in [0.05, 0.1) is 11.8 Å². The summed E-state index contributed by atoms with van der Waals surface area (Å²) in [5.41, 5.74) is 1.25. The fourth-order valence-electron chi connectivity index (χ4n) is 2.69. The predicted molar refractivity (Wildman–Crippen MR) is 95.9 cm³/mol. The minimum absolute atomic E-state index is 0.137. The number of allylic oxidation sites excluding steroid dienone is 2. The highest BCUT2D eigenvalue weighted by atomic mass is 16.5. The van der Waals surface area contributed by atoms with Crippen LogP contribution in [0.5, 0.6) is 0 Å². The molecule has 0 unspecified atom stereocenters. The van der Waals surface area contributed by atoms with Gasteiger partial charge in [0.25, 0.3) is 0 Å². The Morgan fingerprint density at radius 2 is 1.64 bits per heavy atom. The van der Waals surface area contributed by atoms with Crippen molar-refractivity contribution in [3.05, 3.63) is 49.1 Å². The van der Waals surface area contributed by atoms with Gasteiger partial charge < -0.3 is 15.4 Å². The maximum atomic E-state index is 12.6. The Bertz CT molecular complexity index is 679. The highest BCUT2D eigenvalue weighted by Crippen LogP contribution is 2.28. The monoisotopic (exact) mass is 342 g/mol. The minimum atomic E-state index is -0.497. The van der Waals surface area contributed by atoms with Crippen LogP contribution in [0, 0.1) is 11.8 Å². The second-order valence-corrected chi connectivity index (χ2v) is 5.82. The third-order valence-corrected chi connectivity index (χ3v) is 3.89. The summed E-state index contributed by atoms with van der Waals surface area (Å²) >= 11 is 0. The number of benzene rings is 1. The molecule has 0 radical (unpaired) electrons. The molecule has 1 aromatic carbocycles. The molecule has 0 bridgehead atoms. The van der Waals surface area contributed by atoms with Crippen molar-refractivity contribution in [2.75, 3.05) is 17.2 Å². The molecule has 6 heteroatoms. The first-order valence-corrected chi connectivity index (χ1v) is 8.12. The number of hydrogen-bond acceptors (Lipinski definition) is 4. The van der Waals surface area contributed by atoms with Crippen LogP contribution in [0.3, 0.4) is 0 Å². The summed E-state index contributed by atoms with van der Waals surface area (Å²) in [5.74, 6) is -1.74. The fourth-order valence-corrected chi connectivity index (χ4v) is 2.69. The first-order valence-electron chi connectivity index (χ1n) is 8.12. The van der Waals surface area contributed by atoms with Gasteiger partial charge in [-0.2, -0.15) is 0 Å². The topological polar surface area (TPSA) is 84.5 Å². The summed E-state index contributed by atoms with van der Waals surface area (Å²) in [6, 6.07) is 6.81. The molecule has 0 heterocycles. The molecule has 0 aliphatic heterocycles. The highest BCUT2D eigenvalue weighted by molar-refractivity contribution is 5.96. The molecule has 2 amide bonds. The van der Waals surface area contributed by atoms with Crippen LogP contribution in [0.2, 0.25) is 0 Å². The van der Waals surface area contributed by atoms with Crippen molar-refractivity contribution in [2.45, 2.75) is 19.8 Å². The molecular weight excluding hydrogens is 320 g/mol. The summed E-state index contributed by atoms with van der Waals surface area (Å²) in [4.78, 5) is 35.7. The highest BCUT2D eigenvalue weighted by Gasteiger charge is 2.35. The molecular formula is C19H22N2O4. The number of ether oxygens (including phenoxy) is 1. The van der Waals surface area contributed by atoms with E-state index in [2.05, 4.69) is 17.2 Å². The number of carbonyl (C=O) groups excluding carboxylic acids is 3. The van der Waals surface area contributed by atoms with Crippen molar-refractivity contribution in [1.82, 2.24) is 0 Å². The van der Waals surface area contributed by atoms with Crippen LogP contribution in [0.15, 0.2) is 49.1 Å². The lowest BCUT2D eigenvalue weighted by Gasteiger charge is -2.25. The Morgan fingerprint density at radius 3 is 2.20 bits per heavy atom. The second-order valence-electron chi connectivity index (χ2n) is 5.82. The zero-order chi connectivity index (χ0) is 18.2. The number of amides is 2. The van der Waals surface area contributed by atoms with Crippen LogP contribution in [0.25, 0.3) is 0 Å². The molecule has 2 rings (SSSR count). The molecule has 6 nitrogen and oxygen atoms in total. The lowest BCUT2D eigenvalue weighted by molar-refractivity contribution is -0.151. The maximum absolute atomic E-state index is 12.6. The minimum Gasteiger partial charge on any atom is -0.461 e. The van der Waals surface area contributed by atoms with Gasteiger partial charge in [-0.1, -0.05) is 24.8 Å². The van der Waals surface area contributed by atoms with Crippen molar-refractivity contribution in [3.8, 4) is 0 Å². The maximum Gasteiger partial charge on any atom is 0.310 e. The van der Waals surface area contributed by atoms with Crippen LogP contribution in [-0.2, 0) is 19.1 Å². The quantitative estimate of drug-likeness (QED) is 0.615. The van der Waals surface area contributed by atoms with Crippen molar-refractivity contribution in [3.63, 3.8) is 0 Å². The standard InChI is InChI=1S/C19H22N2O4/c1-3-12-25-19(24)17-7-5-4-6-16(17)18(23)21-15-10-8-14(9-11-15)20-13(2)22/h3-5,8-11,16-17H,1,6-7,12H2,2H3,(H,20,22)(H,21,23)/t16-,17-/m1/s1. The molecule has 1 aromatic rings. The zero-order valence-electron chi connectivity index (χ0n) is 14.2. The number of nitrogens with one attached hydrogen (secondary N) is 2. The second kappa shape index (κ2) is 8.82. The Morgan fingerprint density at radius 1 is 1.08 bits per heavy atom. The predicted octanol–water partition coefficient (Wildman–Crippen LogP) is 2.90. The molecule has 0 aromatic heterocycles. The smallest absolute Gasteiger partial charge is 0.310 e. The summed E-state index contributed by atoms with van der Waals surface area (Å²) in [7, 11) is 0. The lowest BCUT2D eigenvalue weighted by atomic mass is 9.82. The number of esters is 1. The first-order chi connectivity index (χ1) is 12.0. The van der Waals surface area contributed by atoms with Crippen molar-refractivity contribution < 1.29 is 19.1 Å². The molecule has 0 saturated carbocycles. The van der Waals surface area contributed by atoms with E-state index in [9.17, 15) is 14.4 Å². The number of carbonyl (C=O) groups is 3. The third kappa shape index (κ3) is 5.31. The number of hydrogen-bond donors (Lipinski definition) is 2. The van der Waals surface area contributed by atoms with Gasteiger partial charge >= 0.3 is 5.97 Å². The van der Waals surface area contributed by atoms with Crippen LogP contribution in [-0.4, -0.2) is 24.4 Å². The Labute approximate surface area is 146 Å². The molecule has 0 spiro atoms. The van der Waals surface area contributed by atoms with E-state index in [-0.39, 0.29) is 24.4 Å². The van der Waals surface area contributed by atoms with Crippen molar-refractivity contribution in [2.24, 2.45) is 11.8 Å². The lowest BCUT2D eigenvalue weighted by Crippen LogP contribution is -2.35. The summed E-state index contributed by atoms with van der Waals surface area (Å²) < 4.78 is 5.10. The van der Waals surface area contributed by atoms with E-state index in [1.807, 2.05) is 12.2 Å². The van der Waals surface area contributed by atoms with Crippen molar-refractivity contribution >= 4 is 29.2 Å². The van der Waals surface area contributed by atoms with Gasteiger partial charge in [0.15, 0.2) is 0 Å². The van der Waals surface area contributed by atoms with Gasteiger partial charge in [0, 0.05) is 18.3 Å². The summed E-state index contributed by atoms with van der Waals surface area (Å²) in [6.45, 7) is 5.08. The summed E-state index contributed by atoms with van der Waals surface area (Å²) in [5, 5.41) is 5.48. The van der Waals surface area contributed by atoms with Crippen LogP contribution in [0.4, 0.5) is 11.4 Å². The number of anilines is 2. The number of rotatable bonds is 6. The van der Waals surface area contributed by atoms with Crippen molar-refractivity contribution in [1.29, 1.82) is 0 Å². The Kier molecular flexibility index (Phi) is 6.51. The van der Waals surface area contributed by atoms with Gasteiger partial charge in [-0.3, -0.25) is 14.4 Å². The third-order valence-electron chi connectivity index (χ3n) is 3.89. The molecule has 0 fully saturated rings. The molecule has 1 aliphatic carbocycles.